The molecule has 1 aliphatic heterocycles. The van der Waals surface area contributed by atoms with Gasteiger partial charge in [-0.3, -0.25) is 9.69 Å². The molecular weight excluding hydrogens is 368 g/mol. The predicted molar refractivity (Wildman–Crippen MR) is 112 cm³/mol. The highest BCUT2D eigenvalue weighted by Crippen LogP contribution is 2.23. The summed E-state index contributed by atoms with van der Waals surface area (Å²) in [6.45, 7) is 6.93. The van der Waals surface area contributed by atoms with Crippen molar-refractivity contribution in [1.82, 2.24) is 4.90 Å². The number of aliphatic hydroxyl groups is 1. The zero-order valence-corrected chi connectivity index (χ0v) is 17.2. The molecule has 2 aromatic rings. The van der Waals surface area contributed by atoms with E-state index in [1.165, 1.54) is 0 Å². The lowest BCUT2D eigenvalue weighted by Gasteiger charge is -2.38. The van der Waals surface area contributed by atoms with Crippen LogP contribution in [0.15, 0.2) is 48.5 Å². The summed E-state index contributed by atoms with van der Waals surface area (Å²) in [5, 5.41) is 9.02. The molecule has 1 N–H and O–H groups in total. The molecule has 1 fully saturated rings. The van der Waals surface area contributed by atoms with Gasteiger partial charge in [-0.05, 0) is 44.0 Å². The van der Waals surface area contributed by atoms with Gasteiger partial charge in [0.25, 0.3) is 0 Å². The van der Waals surface area contributed by atoms with E-state index >= 15 is 0 Å². The van der Waals surface area contributed by atoms with Crippen molar-refractivity contribution in [2.24, 2.45) is 0 Å². The van der Waals surface area contributed by atoms with Crippen molar-refractivity contribution in [1.29, 1.82) is 0 Å². The lowest BCUT2D eigenvalue weighted by atomic mass is 10.1. The van der Waals surface area contributed by atoms with Gasteiger partial charge in [0, 0.05) is 24.3 Å². The van der Waals surface area contributed by atoms with Gasteiger partial charge in [-0.25, -0.2) is 4.79 Å². The minimum atomic E-state index is -0.513. The average Bonchev–Trinajstić information content (AvgIpc) is 2.70. The first-order valence-corrected chi connectivity index (χ1v) is 9.89. The van der Waals surface area contributed by atoms with Crippen LogP contribution in [0.1, 0.15) is 35.3 Å². The average molecular weight is 396 g/mol. The van der Waals surface area contributed by atoms with E-state index in [9.17, 15) is 9.59 Å². The highest BCUT2D eigenvalue weighted by atomic mass is 16.5. The smallest absolute Gasteiger partial charge is 0.324 e. The molecule has 0 aromatic heterocycles. The molecule has 2 unspecified atom stereocenters. The molecule has 0 spiro atoms. The first-order valence-electron chi connectivity index (χ1n) is 9.89. The summed E-state index contributed by atoms with van der Waals surface area (Å²) in [4.78, 5) is 28.7. The zero-order chi connectivity index (χ0) is 21.0. The van der Waals surface area contributed by atoms with Crippen LogP contribution in [0.4, 0.5) is 10.5 Å². The van der Waals surface area contributed by atoms with E-state index in [-0.39, 0.29) is 24.0 Å². The number of amides is 2. The van der Waals surface area contributed by atoms with Crippen LogP contribution in [0.5, 0.6) is 0 Å². The summed E-state index contributed by atoms with van der Waals surface area (Å²) in [5.74, 6) is -0.320. The number of ketones is 1. The first kappa shape index (κ1) is 21.0. The molecule has 1 heterocycles. The number of hydrogen-bond acceptors (Lipinski definition) is 4. The lowest BCUT2D eigenvalue weighted by Crippen LogP contribution is -2.52. The van der Waals surface area contributed by atoms with E-state index in [0.29, 0.717) is 25.2 Å². The Morgan fingerprint density at radius 3 is 2.34 bits per heavy atom. The van der Waals surface area contributed by atoms with Crippen LogP contribution < -0.4 is 4.90 Å². The van der Waals surface area contributed by atoms with Gasteiger partial charge in [0.15, 0.2) is 5.78 Å². The molecule has 0 bridgehead atoms. The van der Waals surface area contributed by atoms with Crippen LogP contribution in [0, 0.1) is 6.92 Å². The summed E-state index contributed by atoms with van der Waals surface area (Å²) in [7, 11) is 0. The number of rotatable bonds is 5. The van der Waals surface area contributed by atoms with Crippen molar-refractivity contribution in [2.75, 3.05) is 24.6 Å². The number of morpholine rings is 1. The second kappa shape index (κ2) is 9.20. The summed E-state index contributed by atoms with van der Waals surface area (Å²) in [6, 6.07) is 14.8. The molecule has 29 heavy (non-hydrogen) atoms. The fraction of sp³-hybridized carbons (Fsp3) is 0.391. The molecular formula is C23H28N2O4. The molecule has 2 amide bonds. The van der Waals surface area contributed by atoms with Crippen LogP contribution in [0.3, 0.4) is 0 Å². The van der Waals surface area contributed by atoms with Crippen molar-refractivity contribution in [2.45, 2.75) is 39.5 Å². The molecule has 0 saturated carbocycles. The van der Waals surface area contributed by atoms with Crippen LogP contribution >= 0.6 is 0 Å². The molecule has 0 radical (unpaired) electrons. The van der Waals surface area contributed by atoms with Crippen LogP contribution in [-0.4, -0.2) is 53.7 Å². The molecule has 1 saturated heterocycles. The van der Waals surface area contributed by atoms with Crippen molar-refractivity contribution in [3.8, 4) is 0 Å². The Morgan fingerprint density at radius 2 is 1.76 bits per heavy atom. The summed E-state index contributed by atoms with van der Waals surface area (Å²) in [6.07, 6.45) is -0.0170. The summed E-state index contributed by atoms with van der Waals surface area (Å²) < 4.78 is 5.77. The zero-order valence-electron chi connectivity index (χ0n) is 17.2. The van der Waals surface area contributed by atoms with Gasteiger partial charge in [0.1, 0.15) is 6.61 Å². The summed E-state index contributed by atoms with van der Waals surface area (Å²) in [5.41, 5.74) is 3.27. The summed E-state index contributed by atoms with van der Waals surface area (Å²) >= 11 is 0. The molecule has 6 heteroatoms. The first-order chi connectivity index (χ1) is 13.9. The third-order valence-corrected chi connectivity index (χ3v) is 4.99. The van der Waals surface area contributed by atoms with E-state index in [4.69, 9.17) is 9.84 Å². The monoisotopic (exact) mass is 396 g/mol. The number of urea groups is 1. The Balaban J connectivity index is 1.87. The highest BCUT2D eigenvalue weighted by Gasteiger charge is 2.30. The molecule has 3 rings (SSSR count). The highest BCUT2D eigenvalue weighted by molar-refractivity contribution is 5.97. The van der Waals surface area contributed by atoms with E-state index in [0.717, 1.165) is 16.8 Å². The van der Waals surface area contributed by atoms with Crippen molar-refractivity contribution in [3.05, 3.63) is 65.2 Å². The van der Waals surface area contributed by atoms with Crippen LogP contribution in [0.2, 0.25) is 0 Å². The largest absolute Gasteiger partial charge is 0.388 e. The van der Waals surface area contributed by atoms with Crippen LogP contribution in [0.25, 0.3) is 0 Å². The molecule has 6 nitrogen and oxygen atoms in total. The number of hydrogen-bond donors (Lipinski definition) is 1. The van der Waals surface area contributed by atoms with Gasteiger partial charge < -0.3 is 14.7 Å². The van der Waals surface area contributed by atoms with Gasteiger partial charge in [-0.15, -0.1) is 0 Å². The minimum absolute atomic E-state index is 0.00848. The fourth-order valence-electron chi connectivity index (χ4n) is 3.64. The fourth-order valence-corrected chi connectivity index (χ4v) is 3.64. The molecule has 2 atom stereocenters. The van der Waals surface area contributed by atoms with E-state index in [1.807, 2.05) is 62.1 Å². The normalized spacial score (nSPS) is 19.1. The third-order valence-electron chi connectivity index (χ3n) is 4.99. The second-order valence-corrected chi connectivity index (χ2v) is 7.65. The van der Waals surface area contributed by atoms with Gasteiger partial charge in [-0.2, -0.15) is 0 Å². The molecule has 154 valence electrons. The van der Waals surface area contributed by atoms with E-state index in [2.05, 4.69) is 0 Å². The number of nitrogens with zero attached hydrogens (tertiary/aromatic N) is 2. The number of aryl methyl sites for hydroxylation is 1. The van der Waals surface area contributed by atoms with Gasteiger partial charge in [0.05, 0.1) is 18.8 Å². The van der Waals surface area contributed by atoms with Crippen molar-refractivity contribution >= 4 is 17.5 Å². The van der Waals surface area contributed by atoms with E-state index in [1.54, 1.807) is 17.0 Å². The number of carbonyl (C=O) groups excluding carboxylic acids is 2. The number of Topliss-reactive ketones (excluding diaryl/α,β-unsaturated/α-hetero) is 1. The number of benzene rings is 2. The Bertz CT molecular complexity index is 855. The van der Waals surface area contributed by atoms with E-state index < -0.39 is 6.61 Å². The van der Waals surface area contributed by atoms with Gasteiger partial charge >= 0.3 is 6.03 Å². The number of anilines is 1. The Hall–Kier alpha value is -2.70. The maximum absolute atomic E-state index is 13.4. The van der Waals surface area contributed by atoms with Gasteiger partial charge in [0.2, 0.25) is 0 Å². The van der Waals surface area contributed by atoms with Crippen molar-refractivity contribution < 1.29 is 19.4 Å². The topological polar surface area (TPSA) is 70.1 Å². The number of ether oxygens (including phenoxy) is 1. The third kappa shape index (κ3) is 5.22. The Kier molecular flexibility index (Phi) is 6.67. The standard InChI is InChI=1S/C23H28N2O4/c1-16-5-4-6-21(11-16)25(23(28)24-12-17(2)29-18(3)13-24)14-19-7-9-20(10-8-19)22(27)15-26/h4-11,17-18,26H,12-15H2,1-3H3. The lowest BCUT2D eigenvalue weighted by molar-refractivity contribution is -0.0537. The maximum atomic E-state index is 13.4. The Morgan fingerprint density at radius 1 is 1.10 bits per heavy atom. The Labute approximate surface area is 171 Å². The maximum Gasteiger partial charge on any atom is 0.324 e. The number of carbonyl (C=O) groups is 2. The molecule has 0 aliphatic carbocycles. The predicted octanol–water partition coefficient (Wildman–Crippen LogP) is 3.41. The van der Waals surface area contributed by atoms with Gasteiger partial charge in [-0.1, -0.05) is 36.4 Å². The number of aliphatic hydroxyl groups excluding tert-OH is 1. The second-order valence-electron chi connectivity index (χ2n) is 7.65. The molecule has 2 aromatic carbocycles. The molecule has 1 aliphatic rings. The SMILES string of the molecule is Cc1cccc(N(Cc2ccc(C(=O)CO)cc2)C(=O)N2CC(C)OC(C)C2)c1. The van der Waals surface area contributed by atoms with Crippen molar-refractivity contribution in [3.63, 3.8) is 0 Å². The minimum Gasteiger partial charge on any atom is -0.388 e. The quantitative estimate of drug-likeness (QED) is 0.787. The van der Waals surface area contributed by atoms with Crippen LogP contribution in [-0.2, 0) is 11.3 Å².